The number of aliphatic hydroxyl groups is 1. The van der Waals surface area contributed by atoms with Gasteiger partial charge in [0, 0.05) is 18.8 Å². The zero-order chi connectivity index (χ0) is 34.7. The first-order valence-electron chi connectivity index (χ1n) is 17.8. The normalized spacial score (nSPS) is 13.9. The van der Waals surface area contributed by atoms with E-state index in [4.69, 9.17) is 14.2 Å². The minimum absolute atomic E-state index is 0.167. The second kappa shape index (κ2) is 21.5. The van der Waals surface area contributed by atoms with Gasteiger partial charge in [0.1, 0.15) is 12.7 Å². The molecular weight excluding hydrogens is 606 g/mol. The molecule has 0 amide bonds. The van der Waals surface area contributed by atoms with Gasteiger partial charge in [-0.2, -0.15) is 0 Å². The molecule has 3 rings (SSSR count). The van der Waals surface area contributed by atoms with Gasteiger partial charge in [-0.15, -0.1) is 0 Å². The van der Waals surface area contributed by atoms with E-state index >= 15 is 0 Å². The number of anilines is 1. The lowest BCUT2D eigenvalue weighted by molar-refractivity contribution is -0.178. The number of hydrogen-bond acceptors (Lipinski definition) is 7. The predicted octanol–water partition coefficient (Wildman–Crippen LogP) is 8.04. The highest BCUT2D eigenvalue weighted by Crippen LogP contribution is 2.24. The van der Waals surface area contributed by atoms with Gasteiger partial charge in [0.25, 0.3) is 0 Å². The number of carboxylic acid groups (broad SMARTS) is 1. The van der Waals surface area contributed by atoms with Crippen LogP contribution in [0.3, 0.4) is 0 Å². The Morgan fingerprint density at radius 3 is 2.33 bits per heavy atom. The van der Waals surface area contributed by atoms with Crippen molar-refractivity contribution in [1.82, 2.24) is 0 Å². The maximum atomic E-state index is 12.2. The van der Waals surface area contributed by atoms with Crippen LogP contribution < -0.4 is 5.32 Å². The Hall–Kier alpha value is -3.46. The molecule has 0 aliphatic heterocycles. The summed E-state index contributed by atoms with van der Waals surface area (Å²) in [7, 11) is 0. The van der Waals surface area contributed by atoms with E-state index in [1.165, 1.54) is 27.5 Å². The van der Waals surface area contributed by atoms with E-state index in [0.29, 0.717) is 18.8 Å². The Labute approximate surface area is 287 Å². The topological polar surface area (TPSA) is 114 Å². The summed E-state index contributed by atoms with van der Waals surface area (Å²) in [5.41, 5.74) is 4.89. The van der Waals surface area contributed by atoms with Crippen LogP contribution in [0.2, 0.25) is 0 Å². The standard InChI is InChI=1S/C40H57NO7/c1-5-31(14-8-7-9-15-32-19-21-33-16-10-11-17-34(33)27-32)20-23-36(42)38(39(40(44)45)48-28-37(43)46-6-2)47-25-13-12-24-41-35-22-18-29(3)30(4)26-35/h10-11,16-19,21-22,26-27,31,36,38-39,41-42H,5-9,12-15,20,23-25,28H2,1-4H3,(H,44,45)/t31?,36?,38-,39+/m0/s1. The molecule has 0 radical (unpaired) electrons. The van der Waals surface area contributed by atoms with Gasteiger partial charge >= 0.3 is 11.9 Å². The molecule has 3 N–H and O–H groups in total. The highest BCUT2D eigenvalue weighted by molar-refractivity contribution is 5.83. The summed E-state index contributed by atoms with van der Waals surface area (Å²) in [5, 5.41) is 27.2. The highest BCUT2D eigenvalue weighted by atomic mass is 16.6. The number of carbonyl (C=O) groups is 2. The van der Waals surface area contributed by atoms with Gasteiger partial charge in [0.2, 0.25) is 0 Å². The maximum Gasteiger partial charge on any atom is 0.335 e. The van der Waals surface area contributed by atoms with Crippen molar-refractivity contribution in [3.63, 3.8) is 0 Å². The molecule has 3 aromatic rings. The predicted molar refractivity (Wildman–Crippen MR) is 193 cm³/mol. The second-order valence-corrected chi connectivity index (χ2v) is 12.8. The van der Waals surface area contributed by atoms with Gasteiger partial charge in [-0.25, -0.2) is 9.59 Å². The van der Waals surface area contributed by atoms with Crippen molar-refractivity contribution < 1.29 is 34.0 Å². The van der Waals surface area contributed by atoms with E-state index in [2.05, 4.69) is 86.8 Å². The van der Waals surface area contributed by atoms with Gasteiger partial charge in [-0.05, 0) is 105 Å². The Morgan fingerprint density at radius 2 is 1.60 bits per heavy atom. The number of aryl methyl sites for hydroxylation is 3. The number of unbranched alkanes of at least 4 members (excludes halogenated alkanes) is 3. The molecule has 3 aromatic carbocycles. The van der Waals surface area contributed by atoms with Crippen LogP contribution in [0.25, 0.3) is 10.8 Å². The Balaban J connectivity index is 1.47. The molecule has 0 saturated carbocycles. The number of rotatable bonds is 24. The highest BCUT2D eigenvalue weighted by Gasteiger charge is 2.36. The van der Waals surface area contributed by atoms with Crippen molar-refractivity contribution >= 4 is 28.4 Å². The van der Waals surface area contributed by atoms with Crippen LogP contribution >= 0.6 is 0 Å². The molecule has 264 valence electrons. The quantitative estimate of drug-likeness (QED) is 0.0652. The third kappa shape index (κ3) is 13.6. The van der Waals surface area contributed by atoms with Crippen LogP contribution in [0.4, 0.5) is 5.69 Å². The zero-order valence-electron chi connectivity index (χ0n) is 29.4. The van der Waals surface area contributed by atoms with Crippen LogP contribution in [-0.4, -0.2) is 66.8 Å². The summed E-state index contributed by atoms with van der Waals surface area (Å²) in [6.07, 6.45) is 5.44. The van der Waals surface area contributed by atoms with E-state index < -0.39 is 36.9 Å². The number of benzene rings is 3. The summed E-state index contributed by atoms with van der Waals surface area (Å²) in [4.78, 5) is 24.2. The van der Waals surface area contributed by atoms with Gasteiger partial charge in [-0.1, -0.05) is 81.1 Å². The number of carboxylic acids is 1. The third-order valence-corrected chi connectivity index (χ3v) is 9.16. The van der Waals surface area contributed by atoms with Crippen molar-refractivity contribution in [2.45, 2.75) is 110 Å². The van der Waals surface area contributed by atoms with Gasteiger partial charge in [-0.3, -0.25) is 0 Å². The largest absolute Gasteiger partial charge is 0.479 e. The molecule has 8 nitrogen and oxygen atoms in total. The molecule has 0 aliphatic rings. The van der Waals surface area contributed by atoms with E-state index in [9.17, 15) is 19.8 Å². The summed E-state index contributed by atoms with van der Waals surface area (Å²) >= 11 is 0. The van der Waals surface area contributed by atoms with Crippen molar-refractivity contribution in [2.24, 2.45) is 5.92 Å². The fraction of sp³-hybridized carbons (Fsp3) is 0.550. The zero-order valence-corrected chi connectivity index (χ0v) is 29.4. The smallest absolute Gasteiger partial charge is 0.335 e. The molecular formula is C40H57NO7. The van der Waals surface area contributed by atoms with Gasteiger partial charge in [0.15, 0.2) is 6.10 Å². The Bertz CT molecular complexity index is 1390. The number of fused-ring (bicyclic) bond motifs is 1. The minimum atomic E-state index is -1.49. The molecule has 2 unspecified atom stereocenters. The van der Waals surface area contributed by atoms with E-state index in [0.717, 1.165) is 63.6 Å². The Morgan fingerprint density at radius 1 is 0.812 bits per heavy atom. The van der Waals surface area contributed by atoms with Crippen molar-refractivity contribution in [3.05, 3.63) is 77.4 Å². The minimum Gasteiger partial charge on any atom is -0.479 e. The number of hydrogen-bond donors (Lipinski definition) is 3. The first-order chi connectivity index (χ1) is 23.2. The maximum absolute atomic E-state index is 12.2. The van der Waals surface area contributed by atoms with E-state index in [1.54, 1.807) is 6.92 Å². The molecule has 0 aromatic heterocycles. The number of esters is 1. The third-order valence-electron chi connectivity index (χ3n) is 9.16. The molecule has 0 bridgehead atoms. The molecule has 48 heavy (non-hydrogen) atoms. The lowest BCUT2D eigenvalue weighted by Crippen LogP contribution is -2.47. The average molecular weight is 664 g/mol. The van der Waals surface area contributed by atoms with Crippen LogP contribution in [0.5, 0.6) is 0 Å². The average Bonchev–Trinajstić information content (AvgIpc) is 3.07. The van der Waals surface area contributed by atoms with Crippen LogP contribution in [-0.2, 0) is 30.2 Å². The lowest BCUT2D eigenvalue weighted by atomic mass is 9.90. The SMILES string of the molecule is CCOC(=O)CO[C@@H](C(=O)O)[C@@H](OCCCCNc1ccc(C)c(C)c1)C(O)CCC(CC)CCCCCc1ccc2ccccc2c1. The van der Waals surface area contributed by atoms with Crippen molar-refractivity contribution in [3.8, 4) is 0 Å². The monoisotopic (exact) mass is 663 g/mol. The Kier molecular flexibility index (Phi) is 17.5. The lowest BCUT2D eigenvalue weighted by Gasteiger charge is -2.29. The van der Waals surface area contributed by atoms with E-state index in [1.807, 2.05) is 0 Å². The van der Waals surface area contributed by atoms with Gasteiger partial charge in [0.05, 0.1) is 12.7 Å². The fourth-order valence-electron chi connectivity index (χ4n) is 6.05. The van der Waals surface area contributed by atoms with Crippen molar-refractivity contribution in [1.29, 1.82) is 0 Å². The first kappa shape index (κ1) is 39.0. The second-order valence-electron chi connectivity index (χ2n) is 12.8. The number of carbonyl (C=O) groups excluding carboxylic acids is 1. The molecule has 0 heterocycles. The van der Waals surface area contributed by atoms with Crippen molar-refractivity contribution in [2.75, 3.05) is 31.7 Å². The molecule has 8 heteroatoms. The summed E-state index contributed by atoms with van der Waals surface area (Å²) in [6.45, 7) is 8.65. The van der Waals surface area contributed by atoms with Crippen LogP contribution in [0.15, 0.2) is 60.7 Å². The number of nitrogens with one attached hydrogen (secondary N) is 1. The molecule has 0 aliphatic carbocycles. The molecule has 4 atom stereocenters. The van der Waals surface area contributed by atoms with Gasteiger partial charge < -0.3 is 29.7 Å². The molecule has 0 saturated heterocycles. The molecule has 0 spiro atoms. The summed E-state index contributed by atoms with van der Waals surface area (Å²) < 4.78 is 16.4. The number of aliphatic hydroxyl groups excluding tert-OH is 1. The molecule has 0 fully saturated rings. The van der Waals surface area contributed by atoms with E-state index in [-0.39, 0.29) is 13.2 Å². The summed E-state index contributed by atoms with van der Waals surface area (Å²) in [5.74, 6) is -1.51. The van der Waals surface area contributed by atoms with Crippen LogP contribution in [0, 0.1) is 19.8 Å². The fourth-order valence-corrected chi connectivity index (χ4v) is 6.05. The number of ether oxygens (including phenoxy) is 3. The summed E-state index contributed by atoms with van der Waals surface area (Å²) in [6, 6.07) is 21.4. The number of aliphatic carboxylic acids is 1. The van der Waals surface area contributed by atoms with Crippen LogP contribution in [0.1, 0.15) is 88.3 Å². The first-order valence-corrected chi connectivity index (χ1v) is 17.8.